The zero-order valence-corrected chi connectivity index (χ0v) is 20.1. The second kappa shape index (κ2) is 10.9. The molecule has 0 amide bonds. The highest BCUT2D eigenvalue weighted by Gasteiger charge is 2.72. The van der Waals surface area contributed by atoms with Gasteiger partial charge in [-0.3, -0.25) is 14.4 Å². The molecule has 2 aromatic carbocycles. The van der Waals surface area contributed by atoms with E-state index in [2.05, 4.69) is 0 Å². The van der Waals surface area contributed by atoms with Crippen LogP contribution in [0.15, 0.2) is 59.5 Å². The molecule has 0 bridgehead atoms. The van der Waals surface area contributed by atoms with Crippen LogP contribution in [0.3, 0.4) is 0 Å². The lowest BCUT2D eigenvalue weighted by atomic mass is 9.65. The summed E-state index contributed by atoms with van der Waals surface area (Å²) in [5.74, 6) is -2.83. The van der Waals surface area contributed by atoms with E-state index in [1.165, 1.54) is 11.8 Å². The summed E-state index contributed by atoms with van der Waals surface area (Å²) in [6, 6.07) is 17.1. The van der Waals surface area contributed by atoms with E-state index < -0.39 is 28.1 Å². The third kappa shape index (κ3) is 4.38. The Balaban J connectivity index is 2.41. The molecular formula is C26H30O6S. The molecule has 1 aliphatic rings. The first-order valence-electron chi connectivity index (χ1n) is 11.3. The Morgan fingerprint density at radius 2 is 1.33 bits per heavy atom. The number of aryl methyl sites for hydroxylation is 1. The maximum absolute atomic E-state index is 13.8. The summed E-state index contributed by atoms with van der Waals surface area (Å²) in [6.07, 6.45) is 1.84. The zero-order valence-electron chi connectivity index (χ0n) is 19.3. The van der Waals surface area contributed by atoms with Gasteiger partial charge in [-0.2, -0.15) is 0 Å². The number of thioether (sulfide) groups is 1. The lowest BCUT2D eigenvalue weighted by Gasteiger charge is -2.47. The van der Waals surface area contributed by atoms with E-state index in [-0.39, 0.29) is 19.8 Å². The zero-order chi connectivity index (χ0) is 23.9. The van der Waals surface area contributed by atoms with Gasteiger partial charge in [-0.1, -0.05) is 42.5 Å². The normalized spacial score (nSPS) is 17.5. The van der Waals surface area contributed by atoms with E-state index in [0.717, 1.165) is 22.4 Å². The van der Waals surface area contributed by atoms with Crippen LogP contribution in [0.2, 0.25) is 0 Å². The molecule has 0 saturated carbocycles. The summed E-state index contributed by atoms with van der Waals surface area (Å²) in [7, 11) is 0. The molecular weight excluding hydrogens is 440 g/mol. The molecule has 7 heteroatoms. The van der Waals surface area contributed by atoms with E-state index in [1.807, 2.05) is 54.6 Å². The standard InChI is InChI=1S/C26H30O6S/c1-4-30-22(27)26(23(28)31-5-2,24(29)32-6-3)25(33-20-15-8-7-9-16-20)18-12-14-19-13-10-11-17-21(19)25/h7-11,13,15-17H,4-6,12,14,18H2,1-3H3/t25-/m0/s1. The smallest absolute Gasteiger partial charge is 0.337 e. The SMILES string of the molecule is CCOC(=O)C(C(=O)OCC)(C(=O)OCC)[C@]1(Sc2ccccc2)CCCc2ccccc21. The topological polar surface area (TPSA) is 78.9 Å². The van der Waals surface area contributed by atoms with Gasteiger partial charge in [-0.25, -0.2) is 0 Å². The number of carbonyl (C=O) groups excluding carboxylic acids is 3. The fourth-order valence-corrected chi connectivity index (χ4v) is 6.17. The van der Waals surface area contributed by atoms with Crippen molar-refractivity contribution in [1.82, 2.24) is 0 Å². The van der Waals surface area contributed by atoms with Crippen molar-refractivity contribution in [3.05, 3.63) is 65.7 Å². The molecule has 0 aromatic heterocycles. The predicted octanol–water partition coefficient (Wildman–Crippen LogP) is 4.69. The van der Waals surface area contributed by atoms with Gasteiger partial charge in [-0.05, 0) is 63.3 Å². The lowest BCUT2D eigenvalue weighted by molar-refractivity contribution is -0.187. The maximum atomic E-state index is 13.8. The molecule has 6 nitrogen and oxygen atoms in total. The van der Waals surface area contributed by atoms with Crippen LogP contribution in [0.25, 0.3) is 0 Å². The number of ether oxygens (including phenoxy) is 3. The monoisotopic (exact) mass is 470 g/mol. The largest absolute Gasteiger partial charge is 0.465 e. The molecule has 0 heterocycles. The van der Waals surface area contributed by atoms with Gasteiger partial charge in [0.15, 0.2) is 0 Å². The average molecular weight is 471 g/mol. The summed E-state index contributed by atoms with van der Waals surface area (Å²) in [5.41, 5.74) is -0.597. The Labute approximate surface area is 199 Å². The fourth-order valence-electron chi connectivity index (χ4n) is 4.52. The number of hydrogen-bond acceptors (Lipinski definition) is 7. The second-order valence-corrected chi connectivity index (χ2v) is 9.04. The van der Waals surface area contributed by atoms with Crippen molar-refractivity contribution < 1.29 is 28.6 Å². The Bertz CT molecular complexity index is 944. The van der Waals surface area contributed by atoms with E-state index in [0.29, 0.717) is 12.8 Å². The van der Waals surface area contributed by atoms with Gasteiger partial charge in [0.2, 0.25) is 0 Å². The van der Waals surface area contributed by atoms with Crippen molar-refractivity contribution >= 4 is 29.7 Å². The summed E-state index contributed by atoms with van der Waals surface area (Å²) in [6.45, 7) is 4.95. The van der Waals surface area contributed by atoms with Crippen LogP contribution in [0.5, 0.6) is 0 Å². The van der Waals surface area contributed by atoms with E-state index in [4.69, 9.17) is 14.2 Å². The molecule has 0 N–H and O–H groups in total. The number of hydrogen-bond donors (Lipinski definition) is 0. The highest BCUT2D eigenvalue weighted by atomic mass is 32.2. The minimum Gasteiger partial charge on any atom is -0.465 e. The number of carbonyl (C=O) groups is 3. The van der Waals surface area contributed by atoms with E-state index in [9.17, 15) is 14.4 Å². The fraction of sp³-hybridized carbons (Fsp3) is 0.423. The molecule has 176 valence electrons. The van der Waals surface area contributed by atoms with Crippen LogP contribution in [-0.4, -0.2) is 37.7 Å². The Morgan fingerprint density at radius 1 is 0.818 bits per heavy atom. The molecule has 2 aromatic rings. The van der Waals surface area contributed by atoms with Gasteiger partial charge in [0, 0.05) is 4.90 Å². The Hall–Kier alpha value is -2.80. The first-order valence-corrected chi connectivity index (χ1v) is 12.1. The molecule has 3 rings (SSSR count). The summed E-state index contributed by atoms with van der Waals surface area (Å²) < 4.78 is 14.9. The van der Waals surface area contributed by atoms with Gasteiger partial charge in [-0.15, -0.1) is 11.8 Å². The Morgan fingerprint density at radius 3 is 1.88 bits per heavy atom. The lowest BCUT2D eigenvalue weighted by Crippen LogP contribution is -2.62. The molecule has 0 radical (unpaired) electrons. The van der Waals surface area contributed by atoms with Crippen LogP contribution in [0.4, 0.5) is 0 Å². The number of benzene rings is 2. The van der Waals surface area contributed by atoms with Crippen LogP contribution < -0.4 is 0 Å². The summed E-state index contributed by atoms with van der Waals surface area (Å²) in [4.78, 5) is 42.1. The highest BCUT2D eigenvalue weighted by Crippen LogP contribution is 2.60. The van der Waals surface area contributed by atoms with Crippen molar-refractivity contribution in [2.45, 2.75) is 49.7 Å². The molecule has 33 heavy (non-hydrogen) atoms. The molecule has 0 spiro atoms. The van der Waals surface area contributed by atoms with Crippen molar-refractivity contribution in [3.63, 3.8) is 0 Å². The third-order valence-electron chi connectivity index (χ3n) is 5.81. The minimum absolute atomic E-state index is 0.00707. The number of esters is 3. The second-order valence-electron chi connectivity index (χ2n) is 7.66. The van der Waals surface area contributed by atoms with Crippen LogP contribution >= 0.6 is 11.8 Å². The van der Waals surface area contributed by atoms with Crippen LogP contribution in [-0.2, 0) is 39.8 Å². The molecule has 0 unspecified atom stereocenters. The van der Waals surface area contributed by atoms with Gasteiger partial charge in [0.1, 0.15) is 0 Å². The van der Waals surface area contributed by atoms with Gasteiger partial charge in [0.25, 0.3) is 5.41 Å². The Kier molecular flexibility index (Phi) is 8.19. The number of rotatable bonds is 9. The van der Waals surface area contributed by atoms with Crippen molar-refractivity contribution in [1.29, 1.82) is 0 Å². The van der Waals surface area contributed by atoms with Crippen LogP contribution in [0.1, 0.15) is 44.7 Å². The summed E-state index contributed by atoms with van der Waals surface area (Å²) in [5, 5.41) is 0. The van der Waals surface area contributed by atoms with E-state index >= 15 is 0 Å². The maximum Gasteiger partial charge on any atom is 0.337 e. The highest BCUT2D eigenvalue weighted by molar-refractivity contribution is 8.00. The van der Waals surface area contributed by atoms with Gasteiger partial charge in [0.05, 0.1) is 24.6 Å². The van der Waals surface area contributed by atoms with Gasteiger partial charge < -0.3 is 14.2 Å². The van der Waals surface area contributed by atoms with Crippen molar-refractivity contribution in [3.8, 4) is 0 Å². The number of fused-ring (bicyclic) bond motifs is 1. The molecule has 1 aliphatic carbocycles. The predicted molar refractivity (Wildman–Crippen MR) is 126 cm³/mol. The van der Waals surface area contributed by atoms with Crippen molar-refractivity contribution in [2.75, 3.05) is 19.8 Å². The van der Waals surface area contributed by atoms with E-state index in [1.54, 1.807) is 20.8 Å². The summed E-state index contributed by atoms with van der Waals surface area (Å²) >= 11 is 1.32. The molecule has 0 aliphatic heterocycles. The minimum atomic E-state index is -2.33. The first kappa shape index (κ1) is 24.8. The quantitative estimate of drug-likeness (QED) is 0.299. The molecule has 0 fully saturated rings. The van der Waals surface area contributed by atoms with Gasteiger partial charge >= 0.3 is 17.9 Å². The van der Waals surface area contributed by atoms with Crippen molar-refractivity contribution in [2.24, 2.45) is 5.41 Å². The third-order valence-corrected chi connectivity index (χ3v) is 7.40. The average Bonchev–Trinajstić information content (AvgIpc) is 2.81. The molecule has 1 atom stereocenters. The van der Waals surface area contributed by atoms with Crippen LogP contribution in [0, 0.1) is 5.41 Å². The molecule has 0 saturated heterocycles. The first-order chi connectivity index (χ1) is 16.0.